The normalized spacial score (nSPS) is 41.2. The van der Waals surface area contributed by atoms with Crippen molar-refractivity contribution in [1.29, 1.82) is 0 Å². The van der Waals surface area contributed by atoms with E-state index in [4.69, 9.17) is 0 Å². The number of rotatable bonds is 0. The minimum Gasteiger partial charge on any atom is -0.0987 e. The molecular weight excluding hydrogens is 120 g/mol. The average molecular weight is 134 g/mol. The maximum Gasteiger partial charge on any atom is -0.00144 e. The molecular formula is C10H14. The summed E-state index contributed by atoms with van der Waals surface area (Å²) in [6.45, 7) is 8.76. The number of fused-ring (bicyclic) bond motifs is 2. The van der Waals surface area contributed by atoms with Crippen molar-refractivity contribution < 1.29 is 0 Å². The quantitative estimate of drug-likeness (QED) is 0.447. The van der Waals surface area contributed by atoms with E-state index < -0.39 is 0 Å². The van der Waals surface area contributed by atoms with E-state index in [1.807, 2.05) is 0 Å². The summed E-state index contributed by atoms with van der Waals surface area (Å²) in [7, 11) is 0. The molecule has 0 saturated heterocycles. The smallest absolute Gasteiger partial charge is 0.00144 e. The Morgan fingerprint density at radius 1 is 1.50 bits per heavy atom. The highest BCUT2D eigenvalue weighted by Gasteiger charge is 2.44. The summed E-state index contributed by atoms with van der Waals surface area (Å²) in [6, 6.07) is 0. The van der Waals surface area contributed by atoms with E-state index >= 15 is 0 Å². The van der Waals surface area contributed by atoms with Crippen LogP contribution in [0.3, 0.4) is 0 Å². The molecule has 2 aliphatic rings. The lowest BCUT2D eigenvalue weighted by atomic mass is 9.77. The molecule has 2 unspecified atom stereocenters. The van der Waals surface area contributed by atoms with Gasteiger partial charge in [0.1, 0.15) is 0 Å². The highest BCUT2D eigenvalue weighted by atomic mass is 14.5. The van der Waals surface area contributed by atoms with Crippen LogP contribution in [0.2, 0.25) is 0 Å². The van der Waals surface area contributed by atoms with Gasteiger partial charge in [0.15, 0.2) is 0 Å². The van der Waals surface area contributed by atoms with E-state index in [1.54, 1.807) is 0 Å². The molecule has 2 rings (SSSR count). The van der Waals surface area contributed by atoms with Gasteiger partial charge in [0.25, 0.3) is 0 Å². The second kappa shape index (κ2) is 1.55. The molecule has 1 fully saturated rings. The molecule has 1 saturated carbocycles. The number of allylic oxidation sites excluding steroid dienone is 3. The van der Waals surface area contributed by atoms with Gasteiger partial charge >= 0.3 is 0 Å². The van der Waals surface area contributed by atoms with E-state index in [0.717, 1.165) is 5.92 Å². The summed E-state index contributed by atoms with van der Waals surface area (Å²) in [4.78, 5) is 0. The van der Waals surface area contributed by atoms with Crippen LogP contribution in [-0.2, 0) is 0 Å². The van der Waals surface area contributed by atoms with E-state index in [9.17, 15) is 0 Å². The Kier molecular flexibility index (Phi) is 0.964. The molecule has 0 spiro atoms. The first kappa shape index (κ1) is 6.21. The predicted octanol–water partition coefficient (Wildman–Crippen LogP) is 2.77. The third-order valence-corrected chi connectivity index (χ3v) is 3.29. The Bertz CT molecular complexity index is 208. The highest BCUT2D eigenvalue weighted by Crippen LogP contribution is 2.54. The Balaban J connectivity index is 2.44. The predicted molar refractivity (Wildman–Crippen MR) is 43.7 cm³/mol. The maximum atomic E-state index is 4.14. The summed E-state index contributed by atoms with van der Waals surface area (Å²) >= 11 is 0. The SMILES string of the molecule is C=C1C2C=CC(C2)C1(C)C. The molecule has 2 aliphatic carbocycles. The number of hydrogen-bond acceptors (Lipinski definition) is 0. The summed E-state index contributed by atoms with van der Waals surface area (Å²) in [5.41, 5.74) is 1.83. The van der Waals surface area contributed by atoms with Crippen molar-refractivity contribution >= 4 is 0 Å². The Labute approximate surface area is 62.6 Å². The van der Waals surface area contributed by atoms with E-state index in [1.165, 1.54) is 12.0 Å². The van der Waals surface area contributed by atoms with Crippen LogP contribution in [0.4, 0.5) is 0 Å². The third-order valence-electron chi connectivity index (χ3n) is 3.29. The molecule has 0 nitrogen and oxygen atoms in total. The first-order valence-corrected chi connectivity index (χ1v) is 4.00. The van der Waals surface area contributed by atoms with Crippen LogP contribution in [0.5, 0.6) is 0 Å². The lowest BCUT2D eigenvalue weighted by Gasteiger charge is -2.28. The molecule has 0 heteroatoms. The highest BCUT2D eigenvalue weighted by molar-refractivity contribution is 5.32. The molecule has 2 bridgehead atoms. The zero-order valence-electron chi connectivity index (χ0n) is 6.72. The second-order valence-electron chi connectivity index (χ2n) is 4.08. The van der Waals surface area contributed by atoms with Crippen molar-refractivity contribution in [2.24, 2.45) is 17.3 Å². The average Bonchev–Trinajstić information content (AvgIpc) is 2.37. The van der Waals surface area contributed by atoms with Crippen molar-refractivity contribution in [1.82, 2.24) is 0 Å². The van der Waals surface area contributed by atoms with Crippen LogP contribution in [0.25, 0.3) is 0 Å². The van der Waals surface area contributed by atoms with Crippen molar-refractivity contribution in [3.8, 4) is 0 Å². The minimum absolute atomic E-state index is 0.388. The van der Waals surface area contributed by atoms with Gasteiger partial charge in [-0.25, -0.2) is 0 Å². The van der Waals surface area contributed by atoms with E-state index in [-0.39, 0.29) is 0 Å². The van der Waals surface area contributed by atoms with Crippen LogP contribution in [-0.4, -0.2) is 0 Å². The van der Waals surface area contributed by atoms with Gasteiger partial charge in [-0.1, -0.05) is 38.2 Å². The van der Waals surface area contributed by atoms with Crippen LogP contribution < -0.4 is 0 Å². The molecule has 54 valence electrons. The zero-order chi connectivity index (χ0) is 7.35. The monoisotopic (exact) mass is 134 g/mol. The molecule has 0 aliphatic heterocycles. The van der Waals surface area contributed by atoms with Gasteiger partial charge in [-0.05, 0) is 23.7 Å². The van der Waals surface area contributed by atoms with Gasteiger partial charge in [-0.2, -0.15) is 0 Å². The fraction of sp³-hybridized carbons (Fsp3) is 0.600. The lowest BCUT2D eigenvalue weighted by Crippen LogP contribution is -2.18. The molecule has 0 amide bonds. The topological polar surface area (TPSA) is 0 Å². The Hall–Kier alpha value is -0.520. The van der Waals surface area contributed by atoms with Gasteiger partial charge in [-0.3, -0.25) is 0 Å². The van der Waals surface area contributed by atoms with Gasteiger partial charge < -0.3 is 0 Å². The van der Waals surface area contributed by atoms with Crippen LogP contribution in [0.1, 0.15) is 20.3 Å². The largest absolute Gasteiger partial charge is 0.0987 e. The van der Waals surface area contributed by atoms with Crippen molar-refractivity contribution in [3.05, 3.63) is 24.3 Å². The van der Waals surface area contributed by atoms with Crippen molar-refractivity contribution in [2.75, 3.05) is 0 Å². The van der Waals surface area contributed by atoms with Gasteiger partial charge in [0, 0.05) is 0 Å². The van der Waals surface area contributed by atoms with E-state index in [2.05, 4.69) is 32.6 Å². The fourth-order valence-corrected chi connectivity index (χ4v) is 2.21. The summed E-state index contributed by atoms with van der Waals surface area (Å²) < 4.78 is 0. The molecule has 2 atom stereocenters. The molecule has 0 aromatic heterocycles. The summed E-state index contributed by atoms with van der Waals surface area (Å²) in [6.07, 6.45) is 6.00. The first-order chi connectivity index (χ1) is 4.62. The zero-order valence-corrected chi connectivity index (χ0v) is 6.72. The first-order valence-electron chi connectivity index (χ1n) is 4.00. The van der Waals surface area contributed by atoms with Gasteiger partial charge in [0.2, 0.25) is 0 Å². The van der Waals surface area contributed by atoms with Crippen LogP contribution in [0, 0.1) is 17.3 Å². The molecule has 0 heterocycles. The molecule has 10 heavy (non-hydrogen) atoms. The lowest BCUT2D eigenvalue weighted by molar-refractivity contribution is 0.369. The van der Waals surface area contributed by atoms with Crippen molar-refractivity contribution in [2.45, 2.75) is 20.3 Å². The fourth-order valence-electron chi connectivity index (χ4n) is 2.21. The molecule has 0 N–H and O–H groups in total. The second-order valence-corrected chi connectivity index (χ2v) is 4.08. The molecule has 0 aromatic carbocycles. The Morgan fingerprint density at radius 2 is 2.20 bits per heavy atom. The molecule has 0 aromatic rings. The number of hydrogen-bond donors (Lipinski definition) is 0. The maximum absolute atomic E-state index is 4.14. The minimum atomic E-state index is 0.388. The van der Waals surface area contributed by atoms with Crippen LogP contribution >= 0.6 is 0 Å². The van der Waals surface area contributed by atoms with Gasteiger partial charge in [0.05, 0.1) is 0 Å². The summed E-state index contributed by atoms with van der Waals surface area (Å²) in [5.74, 6) is 1.49. The molecule has 0 radical (unpaired) electrons. The standard InChI is InChI=1S/C10H14/c1-7-8-4-5-9(6-8)10(7,2)3/h4-5,8-9H,1,6H2,2-3H3. The van der Waals surface area contributed by atoms with Crippen LogP contribution in [0.15, 0.2) is 24.3 Å². The van der Waals surface area contributed by atoms with Crippen molar-refractivity contribution in [3.63, 3.8) is 0 Å². The summed E-state index contributed by atoms with van der Waals surface area (Å²) in [5, 5.41) is 0. The Morgan fingerprint density at radius 3 is 2.50 bits per heavy atom. The van der Waals surface area contributed by atoms with Gasteiger partial charge in [-0.15, -0.1) is 0 Å². The van der Waals surface area contributed by atoms with E-state index in [0.29, 0.717) is 11.3 Å². The third kappa shape index (κ3) is 0.524.